The molecule has 120 valence electrons. The van der Waals surface area contributed by atoms with Crippen LogP contribution in [0.4, 0.5) is 0 Å². The quantitative estimate of drug-likeness (QED) is 0.716. The molecular weight excluding hydrogens is 308 g/mol. The second kappa shape index (κ2) is 6.74. The Balaban J connectivity index is 1.66. The molecule has 7 heteroatoms. The molecule has 3 aromatic rings. The average Bonchev–Trinajstić information content (AvgIpc) is 2.65. The van der Waals surface area contributed by atoms with Gasteiger partial charge in [0.2, 0.25) is 0 Å². The van der Waals surface area contributed by atoms with Crippen molar-refractivity contribution in [3.05, 3.63) is 66.0 Å². The molecule has 0 aliphatic rings. The van der Waals surface area contributed by atoms with Crippen molar-refractivity contribution < 1.29 is 14.3 Å². The molecule has 0 aliphatic heterocycles. The number of rotatable bonds is 3. The number of hydrazine groups is 1. The summed E-state index contributed by atoms with van der Waals surface area (Å²) in [7, 11) is 1.54. The van der Waals surface area contributed by atoms with Crippen molar-refractivity contribution in [2.24, 2.45) is 0 Å². The summed E-state index contributed by atoms with van der Waals surface area (Å²) in [6.07, 6.45) is 1.36. The third kappa shape index (κ3) is 3.30. The van der Waals surface area contributed by atoms with E-state index in [1.807, 2.05) is 12.1 Å². The minimum atomic E-state index is -0.546. The second-order valence-electron chi connectivity index (χ2n) is 4.88. The predicted octanol–water partition coefficient (Wildman–Crippen LogP) is 1.71. The molecule has 0 radical (unpaired) electrons. The van der Waals surface area contributed by atoms with Crippen LogP contribution in [-0.4, -0.2) is 28.9 Å². The third-order valence-electron chi connectivity index (χ3n) is 3.32. The van der Waals surface area contributed by atoms with Gasteiger partial charge in [0, 0.05) is 5.56 Å². The van der Waals surface area contributed by atoms with Gasteiger partial charge in [-0.25, -0.2) is 4.98 Å². The molecule has 7 nitrogen and oxygen atoms in total. The molecular formula is C17H14N4O3. The predicted molar refractivity (Wildman–Crippen MR) is 87.5 cm³/mol. The van der Waals surface area contributed by atoms with Crippen LogP contribution >= 0.6 is 0 Å². The Labute approximate surface area is 137 Å². The van der Waals surface area contributed by atoms with E-state index in [-0.39, 0.29) is 5.69 Å². The van der Waals surface area contributed by atoms with Gasteiger partial charge in [-0.3, -0.25) is 25.4 Å². The summed E-state index contributed by atoms with van der Waals surface area (Å²) in [5.74, 6) is -0.350. The lowest BCUT2D eigenvalue weighted by Gasteiger charge is -2.08. The Morgan fingerprint density at radius 3 is 2.29 bits per heavy atom. The number of benzene rings is 2. The monoisotopic (exact) mass is 322 g/mol. The van der Waals surface area contributed by atoms with Gasteiger partial charge >= 0.3 is 0 Å². The van der Waals surface area contributed by atoms with E-state index >= 15 is 0 Å². The maximum Gasteiger partial charge on any atom is 0.289 e. The molecule has 1 heterocycles. The number of nitrogens with one attached hydrogen (secondary N) is 2. The first-order valence-corrected chi connectivity index (χ1v) is 7.14. The zero-order valence-electron chi connectivity index (χ0n) is 12.8. The van der Waals surface area contributed by atoms with Gasteiger partial charge in [-0.1, -0.05) is 12.1 Å². The Morgan fingerprint density at radius 2 is 1.58 bits per heavy atom. The lowest BCUT2D eigenvalue weighted by Crippen LogP contribution is -2.42. The highest BCUT2D eigenvalue weighted by molar-refractivity contribution is 5.98. The van der Waals surface area contributed by atoms with Gasteiger partial charge in [-0.15, -0.1) is 0 Å². The standard InChI is InChI=1S/C17H14N4O3/c1-24-12-8-6-11(7-9-12)16(22)20-21-17(23)15-10-18-13-4-2-3-5-14(13)19-15/h2-10H,1H3,(H,20,22)(H,21,23). The summed E-state index contributed by atoms with van der Waals surface area (Å²) in [6.45, 7) is 0. The van der Waals surface area contributed by atoms with E-state index in [2.05, 4.69) is 20.8 Å². The van der Waals surface area contributed by atoms with Crippen molar-refractivity contribution in [2.75, 3.05) is 7.11 Å². The number of para-hydroxylation sites is 2. The Bertz CT molecular complexity index is 894. The van der Waals surface area contributed by atoms with Crippen LogP contribution in [0.1, 0.15) is 20.8 Å². The zero-order chi connectivity index (χ0) is 16.9. The van der Waals surface area contributed by atoms with E-state index < -0.39 is 11.8 Å². The first-order valence-electron chi connectivity index (χ1n) is 7.14. The molecule has 2 aromatic carbocycles. The van der Waals surface area contributed by atoms with E-state index in [9.17, 15) is 9.59 Å². The highest BCUT2D eigenvalue weighted by Gasteiger charge is 2.11. The van der Waals surface area contributed by atoms with E-state index in [1.54, 1.807) is 43.5 Å². The second-order valence-corrected chi connectivity index (χ2v) is 4.88. The van der Waals surface area contributed by atoms with Crippen LogP contribution in [0.3, 0.4) is 0 Å². The van der Waals surface area contributed by atoms with Gasteiger partial charge in [-0.2, -0.15) is 0 Å². The van der Waals surface area contributed by atoms with Crippen molar-refractivity contribution in [1.82, 2.24) is 20.8 Å². The van der Waals surface area contributed by atoms with Gasteiger partial charge in [-0.05, 0) is 36.4 Å². The van der Waals surface area contributed by atoms with Gasteiger partial charge < -0.3 is 4.74 Å². The van der Waals surface area contributed by atoms with E-state index in [0.717, 1.165) is 0 Å². The smallest absolute Gasteiger partial charge is 0.289 e. The van der Waals surface area contributed by atoms with Crippen LogP contribution in [-0.2, 0) is 0 Å². The first kappa shape index (κ1) is 15.4. The Hall–Kier alpha value is -3.48. The lowest BCUT2D eigenvalue weighted by atomic mass is 10.2. The molecule has 3 rings (SSSR count). The maximum absolute atomic E-state index is 12.1. The van der Waals surface area contributed by atoms with Gasteiger partial charge in [0.15, 0.2) is 0 Å². The number of amides is 2. The third-order valence-corrected chi connectivity index (χ3v) is 3.32. The first-order chi connectivity index (χ1) is 11.7. The molecule has 0 aliphatic carbocycles. The Kier molecular flexibility index (Phi) is 4.33. The SMILES string of the molecule is COc1ccc(C(=O)NNC(=O)c2cnc3ccccc3n2)cc1. The van der Waals surface area contributed by atoms with Crippen LogP contribution in [0.15, 0.2) is 54.7 Å². The minimum Gasteiger partial charge on any atom is -0.497 e. The van der Waals surface area contributed by atoms with Crippen LogP contribution in [0.2, 0.25) is 0 Å². The average molecular weight is 322 g/mol. The highest BCUT2D eigenvalue weighted by Crippen LogP contribution is 2.11. The molecule has 2 N–H and O–H groups in total. The topological polar surface area (TPSA) is 93.2 Å². The molecule has 0 spiro atoms. The van der Waals surface area contributed by atoms with Crippen molar-refractivity contribution in [1.29, 1.82) is 0 Å². The fourth-order valence-electron chi connectivity index (χ4n) is 2.06. The number of fused-ring (bicyclic) bond motifs is 1. The lowest BCUT2D eigenvalue weighted by molar-refractivity contribution is 0.0844. The normalized spacial score (nSPS) is 10.2. The van der Waals surface area contributed by atoms with Gasteiger partial charge in [0.1, 0.15) is 11.4 Å². The summed E-state index contributed by atoms with van der Waals surface area (Å²) in [5, 5.41) is 0. The van der Waals surface area contributed by atoms with E-state index in [4.69, 9.17) is 4.74 Å². The number of nitrogens with zero attached hydrogens (tertiary/aromatic N) is 2. The molecule has 0 saturated carbocycles. The van der Waals surface area contributed by atoms with Crippen molar-refractivity contribution >= 4 is 22.8 Å². The van der Waals surface area contributed by atoms with Crippen LogP contribution < -0.4 is 15.6 Å². The number of hydrogen-bond acceptors (Lipinski definition) is 5. The van der Waals surface area contributed by atoms with Crippen LogP contribution in [0.25, 0.3) is 11.0 Å². The highest BCUT2D eigenvalue weighted by atomic mass is 16.5. The molecule has 0 saturated heterocycles. The van der Waals surface area contributed by atoms with Crippen LogP contribution in [0.5, 0.6) is 5.75 Å². The van der Waals surface area contributed by atoms with E-state index in [1.165, 1.54) is 6.20 Å². The summed E-state index contributed by atoms with van der Waals surface area (Å²) in [5.41, 5.74) is 6.45. The van der Waals surface area contributed by atoms with Crippen molar-refractivity contribution in [3.63, 3.8) is 0 Å². The summed E-state index contributed by atoms with van der Waals surface area (Å²) >= 11 is 0. The van der Waals surface area contributed by atoms with Gasteiger partial charge in [0.25, 0.3) is 11.8 Å². The number of aromatic nitrogens is 2. The van der Waals surface area contributed by atoms with Gasteiger partial charge in [0.05, 0.1) is 24.3 Å². The Morgan fingerprint density at radius 1 is 0.917 bits per heavy atom. The molecule has 24 heavy (non-hydrogen) atoms. The number of hydrogen-bond donors (Lipinski definition) is 2. The maximum atomic E-state index is 12.1. The minimum absolute atomic E-state index is 0.115. The van der Waals surface area contributed by atoms with Crippen LogP contribution in [0, 0.1) is 0 Å². The molecule has 2 amide bonds. The molecule has 1 aromatic heterocycles. The molecule has 0 unspecified atom stereocenters. The number of carbonyl (C=O) groups is 2. The number of carbonyl (C=O) groups excluding carboxylic acids is 2. The number of methoxy groups -OCH3 is 1. The fraction of sp³-hybridized carbons (Fsp3) is 0.0588. The number of ether oxygens (including phenoxy) is 1. The van der Waals surface area contributed by atoms with E-state index in [0.29, 0.717) is 22.3 Å². The summed E-state index contributed by atoms with van der Waals surface area (Å²) in [4.78, 5) is 32.4. The largest absolute Gasteiger partial charge is 0.497 e. The van der Waals surface area contributed by atoms with Crippen molar-refractivity contribution in [3.8, 4) is 5.75 Å². The fourth-order valence-corrected chi connectivity index (χ4v) is 2.06. The van der Waals surface area contributed by atoms with Crippen molar-refractivity contribution in [2.45, 2.75) is 0 Å². The molecule has 0 atom stereocenters. The summed E-state index contributed by atoms with van der Waals surface area (Å²) in [6, 6.07) is 13.7. The summed E-state index contributed by atoms with van der Waals surface area (Å²) < 4.78 is 5.02. The molecule has 0 bridgehead atoms. The zero-order valence-corrected chi connectivity index (χ0v) is 12.8. The molecule has 0 fully saturated rings.